The molecule has 2 aromatic rings. The summed E-state index contributed by atoms with van der Waals surface area (Å²) in [6.45, 7) is 0. The molecule has 0 unspecified atom stereocenters. The molecule has 0 atom stereocenters. The predicted molar refractivity (Wildman–Crippen MR) is 74.7 cm³/mol. The van der Waals surface area contributed by atoms with E-state index in [0.717, 1.165) is 0 Å². The summed E-state index contributed by atoms with van der Waals surface area (Å²) in [4.78, 5) is 13.4. The number of carbonyl (C=O) groups excluding carboxylic acids is 1. The van der Waals surface area contributed by atoms with Gasteiger partial charge < -0.3 is 11.1 Å². The lowest BCUT2D eigenvalue weighted by atomic mass is 10.2. The van der Waals surface area contributed by atoms with Crippen LogP contribution in [0.2, 0.25) is 0 Å². The number of nitrogens with zero attached hydrogens (tertiary/aromatic N) is 1. The summed E-state index contributed by atoms with van der Waals surface area (Å²) < 4.78 is 13.0. The summed E-state index contributed by atoms with van der Waals surface area (Å²) in [5, 5.41) is 2.60. The van der Waals surface area contributed by atoms with E-state index in [9.17, 15) is 9.18 Å². The SMILES string of the molecule is CN(C(=O)Nc1cccc(F)c1)c1ccccc1N. The maximum Gasteiger partial charge on any atom is 0.326 e. The van der Waals surface area contributed by atoms with Gasteiger partial charge in [-0.05, 0) is 30.3 Å². The fourth-order valence-electron chi connectivity index (χ4n) is 1.68. The van der Waals surface area contributed by atoms with Gasteiger partial charge in [0.05, 0.1) is 11.4 Å². The number of halogens is 1. The van der Waals surface area contributed by atoms with Crippen LogP contribution >= 0.6 is 0 Å². The smallest absolute Gasteiger partial charge is 0.326 e. The van der Waals surface area contributed by atoms with Gasteiger partial charge in [0.25, 0.3) is 0 Å². The van der Waals surface area contributed by atoms with Gasteiger partial charge in [-0.1, -0.05) is 18.2 Å². The van der Waals surface area contributed by atoms with Crippen LogP contribution < -0.4 is 16.0 Å². The Bertz CT molecular complexity index is 601. The largest absolute Gasteiger partial charge is 0.397 e. The Morgan fingerprint density at radius 2 is 1.95 bits per heavy atom. The standard InChI is InChI=1S/C14H14FN3O/c1-18(13-8-3-2-7-12(13)16)14(19)17-11-6-4-5-10(15)9-11/h2-9H,16H2,1H3,(H,17,19). The number of benzene rings is 2. The molecule has 3 N–H and O–H groups in total. The molecule has 0 radical (unpaired) electrons. The Morgan fingerprint density at radius 3 is 2.63 bits per heavy atom. The maximum atomic E-state index is 13.0. The first kappa shape index (κ1) is 12.9. The zero-order chi connectivity index (χ0) is 13.8. The molecule has 0 bridgehead atoms. The van der Waals surface area contributed by atoms with Crippen molar-refractivity contribution < 1.29 is 9.18 Å². The van der Waals surface area contributed by atoms with Crippen molar-refractivity contribution in [1.82, 2.24) is 0 Å². The van der Waals surface area contributed by atoms with Crippen LogP contribution in [0.15, 0.2) is 48.5 Å². The summed E-state index contributed by atoms with van der Waals surface area (Å²) in [6.07, 6.45) is 0. The minimum Gasteiger partial charge on any atom is -0.397 e. The van der Waals surface area contributed by atoms with E-state index in [0.29, 0.717) is 17.1 Å². The van der Waals surface area contributed by atoms with Gasteiger partial charge in [0.1, 0.15) is 5.82 Å². The quantitative estimate of drug-likeness (QED) is 0.814. The molecule has 98 valence electrons. The molecule has 5 heteroatoms. The van der Waals surface area contributed by atoms with Gasteiger partial charge in [0, 0.05) is 12.7 Å². The average molecular weight is 259 g/mol. The zero-order valence-electron chi connectivity index (χ0n) is 10.4. The molecule has 19 heavy (non-hydrogen) atoms. The van der Waals surface area contributed by atoms with Crippen molar-refractivity contribution >= 4 is 23.1 Å². The van der Waals surface area contributed by atoms with E-state index in [2.05, 4.69) is 5.32 Å². The van der Waals surface area contributed by atoms with Gasteiger partial charge >= 0.3 is 6.03 Å². The summed E-state index contributed by atoms with van der Waals surface area (Å²) in [7, 11) is 1.60. The Labute approximate surface area is 110 Å². The van der Waals surface area contributed by atoms with Crippen LogP contribution in [0.3, 0.4) is 0 Å². The minimum atomic E-state index is -0.403. The first-order valence-electron chi connectivity index (χ1n) is 5.72. The Kier molecular flexibility index (Phi) is 3.66. The number of amides is 2. The van der Waals surface area contributed by atoms with E-state index >= 15 is 0 Å². The van der Waals surface area contributed by atoms with Crippen LogP contribution in [-0.2, 0) is 0 Å². The van der Waals surface area contributed by atoms with Crippen LogP contribution in [0.4, 0.5) is 26.2 Å². The van der Waals surface area contributed by atoms with Gasteiger partial charge in [-0.15, -0.1) is 0 Å². The normalized spacial score (nSPS) is 10.0. The zero-order valence-corrected chi connectivity index (χ0v) is 10.4. The second-order valence-electron chi connectivity index (χ2n) is 4.06. The molecule has 2 amide bonds. The predicted octanol–water partition coefficient (Wildman–Crippen LogP) is 3.08. The molecular weight excluding hydrogens is 245 g/mol. The number of para-hydroxylation sites is 2. The second-order valence-corrected chi connectivity index (χ2v) is 4.06. The van der Waals surface area contributed by atoms with E-state index in [1.807, 2.05) is 0 Å². The van der Waals surface area contributed by atoms with E-state index in [-0.39, 0.29) is 6.03 Å². The number of hydrogen-bond acceptors (Lipinski definition) is 2. The molecule has 0 saturated carbocycles. The summed E-state index contributed by atoms with van der Waals surface area (Å²) in [5.74, 6) is -0.403. The van der Waals surface area contributed by atoms with Crippen LogP contribution in [0.1, 0.15) is 0 Å². The maximum absolute atomic E-state index is 13.0. The van der Waals surface area contributed by atoms with Gasteiger partial charge in [-0.3, -0.25) is 4.90 Å². The van der Waals surface area contributed by atoms with Crippen LogP contribution in [0.5, 0.6) is 0 Å². The third-order valence-corrected chi connectivity index (χ3v) is 2.68. The van der Waals surface area contributed by atoms with Crippen molar-refractivity contribution in [2.45, 2.75) is 0 Å². The number of anilines is 3. The van der Waals surface area contributed by atoms with E-state index < -0.39 is 5.82 Å². The topological polar surface area (TPSA) is 58.4 Å². The third kappa shape index (κ3) is 3.01. The number of hydrogen-bond donors (Lipinski definition) is 2. The molecule has 0 heterocycles. The van der Waals surface area contributed by atoms with E-state index in [1.54, 1.807) is 37.4 Å². The van der Waals surface area contributed by atoms with Crippen LogP contribution in [0.25, 0.3) is 0 Å². The average Bonchev–Trinajstić information content (AvgIpc) is 2.38. The molecule has 0 fully saturated rings. The summed E-state index contributed by atoms with van der Waals surface area (Å²) in [5.41, 5.74) is 7.28. The van der Waals surface area contributed by atoms with Crippen molar-refractivity contribution in [3.63, 3.8) is 0 Å². The van der Waals surface area contributed by atoms with Gasteiger partial charge in [0.15, 0.2) is 0 Å². The molecule has 4 nitrogen and oxygen atoms in total. The molecule has 0 aliphatic rings. The Hall–Kier alpha value is -2.56. The van der Waals surface area contributed by atoms with Gasteiger partial charge in [-0.2, -0.15) is 0 Å². The Balaban J connectivity index is 2.14. The lowest BCUT2D eigenvalue weighted by molar-refractivity contribution is 0.258. The number of nitrogens with two attached hydrogens (primary N) is 1. The molecule has 0 aromatic heterocycles. The highest BCUT2D eigenvalue weighted by atomic mass is 19.1. The molecule has 0 aliphatic heterocycles. The van der Waals surface area contributed by atoms with Gasteiger partial charge in [0.2, 0.25) is 0 Å². The number of urea groups is 1. The lowest BCUT2D eigenvalue weighted by Gasteiger charge is -2.19. The minimum absolute atomic E-state index is 0.386. The molecular formula is C14H14FN3O. The third-order valence-electron chi connectivity index (χ3n) is 2.68. The monoisotopic (exact) mass is 259 g/mol. The Morgan fingerprint density at radius 1 is 1.21 bits per heavy atom. The molecule has 0 spiro atoms. The number of nitrogen functional groups attached to an aromatic ring is 1. The highest BCUT2D eigenvalue weighted by Crippen LogP contribution is 2.22. The van der Waals surface area contributed by atoms with Crippen LogP contribution in [-0.4, -0.2) is 13.1 Å². The molecule has 0 aliphatic carbocycles. The highest BCUT2D eigenvalue weighted by molar-refractivity contribution is 6.03. The van der Waals surface area contributed by atoms with Crippen LogP contribution in [0, 0.1) is 5.82 Å². The highest BCUT2D eigenvalue weighted by Gasteiger charge is 2.13. The van der Waals surface area contributed by atoms with Crippen molar-refractivity contribution in [3.05, 3.63) is 54.3 Å². The van der Waals surface area contributed by atoms with Crippen molar-refractivity contribution in [2.24, 2.45) is 0 Å². The lowest BCUT2D eigenvalue weighted by Crippen LogP contribution is -2.31. The first-order valence-corrected chi connectivity index (χ1v) is 5.72. The van der Waals surface area contributed by atoms with Crippen molar-refractivity contribution in [2.75, 3.05) is 23.0 Å². The van der Waals surface area contributed by atoms with Crippen molar-refractivity contribution in [3.8, 4) is 0 Å². The first-order chi connectivity index (χ1) is 9.08. The number of nitrogens with one attached hydrogen (secondary N) is 1. The molecule has 2 aromatic carbocycles. The molecule has 2 rings (SSSR count). The fourth-order valence-corrected chi connectivity index (χ4v) is 1.68. The summed E-state index contributed by atoms with van der Waals surface area (Å²) >= 11 is 0. The number of rotatable bonds is 2. The fraction of sp³-hybridized carbons (Fsp3) is 0.0714. The molecule has 0 saturated heterocycles. The second kappa shape index (κ2) is 5.39. The van der Waals surface area contributed by atoms with E-state index in [1.165, 1.54) is 23.1 Å². The van der Waals surface area contributed by atoms with Crippen molar-refractivity contribution in [1.29, 1.82) is 0 Å². The van der Waals surface area contributed by atoms with Gasteiger partial charge in [-0.25, -0.2) is 9.18 Å². The van der Waals surface area contributed by atoms with E-state index in [4.69, 9.17) is 5.73 Å². The summed E-state index contributed by atoms with van der Waals surface area (Å²) in [6, 6.07) is 12.3. The number of carbonyl (C=O) groups is 1.